The Hall–Kier alpha value is -1.13. The van der Waals surface area contributed by atoms with Crippen LogP contribution in [0.2, 0.25) is 0 Å². The van der Waals surface area contributed by atoms with E-state index in [0.29, 0.717) is 6.42 Å². The largest absolute Gasteiger partial charge is 0.396 e. The molecule has 0 aromatic carbocycles. The van der Waals surface area contributed by atoms with Gasteiger partial charge in [0.1, 0.15) is 0 Å². The van der Waals surface area contributed by atoms with Crippen molar-refractivity contribution >= 4 is 23.3 Å². The molecule has 2 rings (SSSR count). The molecule has 1 amide bonds. The monoisotopic (exact) mass is 265 g/mol. The second-order valence-corrected chi connectivity index (χ2v) is 5.36. The Morgan fingerprint density at radius 1 is 1.56 bits per heavy atom. The molecule has 1 aromatic rings. The maximum absolute atomic E-state index is 12.1. The zero-order chi connectivity index (χ0) is 12.8. The molecular formula is C14H19NO2S. The Bertz CT molecular complexity index is 398. The number of amides is 1. The van der Waals surface area contributed by atoms with Gasteiger partial charge in [-0.25, -0.2) is 0 Å². The van der Waals surface area contributed by atoms with Crippen LogP contribution in [0.4, 0.5) is 0 Å². The van der Waals surface area contributed by atoms with Gasteiger partial charge in [-0.2, -0.15) is 11.3 Å². The minimum absolute atomic E-state index is 0.0688. The smallest absolute Gasteiger partial charge is 0.246 e. The minimum atomic E-state index is 0.0688. The SMILES string of the molecule is O=C(/C=C/c1ccsc1)N1CCCCC1CCO. The topological polar surface area (TPSA) is 40.5 Å². The molecule has 1 atom stereocenters. The van der Waals surface area contributed by atoms with E-state index in [-0.39, 0.29) is 18.6 Å². The summed E-state index contributed by atoms with van der Waals surface area (Å²) in [6.45, 7) is 0.972. The van der Waals surface area contributed by atoms with Crippen molar-refractivity contribution in [1.29, 1.82) is 0 Å². The van der Waals surface area contributed by atoms with Gasteiger partial charge in [0.15, 0.2) is 0 Å². The van der Waals surface area contributed by atoms with E-state index < -0.39 is 0 Å². The molecule has 98 valence electrons. The number of likely N-dealkylation sites (tertiary alicyclic amines) is 1. The number of hydrogen-bond donors (Lipinski definition) is 1. The summed E-state index contributed by atoms with van der Waals surface area (Å²) in [4.78, 5) is 14.0. The highest BCUT2D eigenvalue weighted by atomic mass is 32.1. The number of carbonyl (C=O) groups is 1. The zero-order valence-electron chi connectivity index (χ0n) is 10.4. The van der Waals surface area contributed by atoms with E-state index in [4.69, 9.17) is 5.11 Å². The summed E-state index contributed by atoms with van der Waals surface area (Å²) in [6, 6.07) is 2.21. The Balaban J connectivity index is 1.97. The number of aliphatic hydroxyl groups is 1. The van der Waals surface area contributed by atoms with E-state index in [1.165, 1.54) is 0 Å². The van der Waals surface area contributed by atoms with Crippen molar-refractivity contribution in [3.8, 4) is 0 Å². The van der Waals surface area contributed by atoms with E-state index in [9.17, 15) is 4.79 Å². The third-order valence-electron chi connectivity index (χ3n) is 3.33. The minimum Gasteiger partial charge on any atom is -0.396 e. The van der Waals surface area contributed by atoms with Crippen LogP contribution in [0.1, 0.15) is 31.2 Å². The number of rotatable bonds is 4. The molecule has 0 saturated carbocycles. The lowest BCUT2D eigenvalue weighted by molar-refractivity contribution is -0.129. The molecule has 3 nitrogen and oxygen atoms in total. The molecule has 18 heavy (non-hydrogen) atoms. The van der Waals surface area contributed by atoms with Crippen LogP contribution in [0, 0.1) is 0 Å². The first kappa shape index (κ1) is 13.3. The molecule has 0 radical (unpaired) electrons. The van der Waals surface area contributed by atoms with Crippen LogP contribution in [-0.4, -0.2) is 35.1 Å². The van der Waals surface area contributed by atoms with Gasteiger partial charge < -0.3 is 10.0 Å². The van der Waals surface area contributed by atoms with E-state index in [1.807, 2.05) is 27.8 Å². The highest BCUT2D eigenvalue weighted by Gasteiger charge is 2.24. The first-order chi connectivity index (χ1) is 8.81. The van der Waals surface area contributed by atoms with E-state index in [0.717, 1.165) is 31.4 Å². The normalized spacial score (nSPS) is 20.5. The third kappa shape index (κ3) is 3.43. The molecule has 2 heterocycles. The number of carbonyl (C=O) groups excluding carboxylic acids is 1. The second kappa shape index (κ2) is 6.71. The van der Waals surface area contributed by atoms with Crippen molar-refractivity contribution in [2.75, 3.05) is 13.2 Å². The Kier molecular flexibility index (Phi) is 4.96. The molecule has 0 aliphatic carbocycles. The molecule has 1 aliphatic rings. The number of thiophene rings is 1. The highest BCUT2D eigenvalue weighted by Crippen LogP contribution is 2.20. The van der Waals surface area contributed by atoms with Gasteiger partial charge in [0.2, 0.25) is 5.91 Å². The Labute approximate surface area is 112 Å². The van der Waals surface area contributed by atoms with E-state index in [2.05, 4.69) is 0 Å². The van der Waals surface area contributed by atoms with Crippen molar-refractivity contribution in [3.63, 3.8) is 0 Å². The first-order valence-electron chi connectivity index (χ1n) is 6.43. The lowest BCUT2D eigenvalue weighted by Crippen LogP contribution is -2.43. The van der Waals surface area contributed by atoms with Crippen molar-refractivity contribution in [3.05, 3.63) is 28.5 Å². The molecule has 1 N–H and O–H groups in total. The highest BCUT2D eigenvalue weighted by molar-refractivity contribution is 7.08. The Morgan fingerprint density at radius 2 is 2.44 bits per heavy atom. The molecular weight excluding hydrogens is 246 g/mol. The average molecular weight is 265 g/mol. The summed E-state index contributed by atoms with van der Waals surface area (Å²) in [7, 11) is 0. The molecule has 1 aromatic heterocycles. The molecule has 1 saturated heterocycles. The van der Waals surface area contributed by atoms with Crippen molar-refractivity contribution < 1.29 is 9.90 Å². The summed E-state index contributed by atoms with van der Waals surface area (Å²) >= 11 is 1.63. The fourth-order valence-electron chi connectivity index (χ4n) is 2.37. The van der Waals surface area contributed by atoms with Crippen LogP contribution in [0.3, 0.4) is 0 Å². The average Bonchev–Trinajstić information content (AvgIpc) is 2.90. The second-order valence-electron chi connectivity index (χ2n) is 4.58. The number of aliphatic hydroxyl groups excluding tert-OH is 1. The molecule has 1 unspecified atom stereocenters. The van der Waals surface area contributed by atoms with Gasteiger partial charge in [-0.05, 0) is 54.1 Å². The standard InChI is InChI=1S/C14H19NO2S/c16-9-6-13-3-1-2-8-15(13)14(17)5-4-12-7-10-18-11-12/h4-5,7,10-11,13,16H,1-3,6,8-9H2/b5-4+. The third-order valence-corrected chi connectivity index (χ3v) is 4.04. The van der Waals surface area contributed by atoms with E-state index >= 15 is 0 Å². The van der Waals surface area contributed by atoms with Gasteiger partial charge in [0.05, 0.1) is 0 Å². The summed E-state index contributed by atoms with van der Waals surface area (Å²) in [5.74, 6) is 0.0688. The van der Waals surface area contributed by atoms with Crippen molar-refractivity contribution in [1.82, 2.24) is 4.90 Å². The number of piperidine rings is 1. The maximum atomic E-state index is 12.1. The summed E-state index contributed by atoms with van der Waals surface area (Å²) in [5, 5.41) is 13.1. The van der Waals surface area contributed by atoms with Crippen LogP contribution in [-0.2, 0) is 4.79 Å². The number of hydrogen-bond acceptors (Lipinski definition) is 3. The summed E-state index contributed by atoms with van der Waals surface area (Å²) in [5.41, 5.74) is 1.07. The fourth-order valence-corrected chi connectivity index (χ4v) is 3.00. The van der Waals surface area contributed by atoms with Gasteiger partial charge in [0.25, 0.3) is 0 Å². The van der Waals surface area contributed by atoms with Crippen LogP contribution in [0.25, 0.3) is 6.08 Å². The molecule has 4 heteroatoms. The van der Waals surface area contributed by atoms with Crippen LogP contribution < -0.4 is 0 Å². The van der Waals surface area contributed by atoms with Gasteiger partial charge >= 0.3 is 0 Å². The van der Waals surface area contributed by atoms with Crippen LogP contribution in [0.5, 0.6) is 0 Å². The van der Waals surface area contributed by atoms with Crippen molar-refractivity contribution in [2.45, 2.75) is 31.7 Å². The van der Waals surface area contributed by atoms with Crippen molar-refractivity contribution in [2.24, 2.45) is 0 Å². The van der Waals surface area contributed by atoms with E-state index in [1.54, 1.807) is 17.4 Å². The lowest BCUT2D eigenvalue weighted by Gasteiger charge is -2.34. The maximum Gasteiger partial charge on any atom is 0.246 e. The molecule has 0 bridgehead atoms. The first-order valence-corrected chi connectivity index (χ1v) is 7.37. The Morgan fingerprint density at radius 3 is 3.17 bits per heavy atom. The van der Waals surface area contributed by atoms with Gasteiger partial charge in [-0.3, -0.25) is 4.79 Å². The molecule has 1 fully saturated rings. The summed E-state index contributed by atoms with van der Waals surface area (Å²) in [6.07, 6.45) is 7.44. The molecule has 0 spiro atoms. The zero-order valence-corrected chi connectivity index (χ0v) is 11.2. The predicted octanol–water partition coefficient (Wildman–Crippen LogP) is 2.52. The van der Waals surface area contributed by atoms with Crippen LogP contribution >= 0.6 is 11.3 Å². The lowest BCUT2D eigenvalue weighted by atomic mass is 9.99. The molecule has 1 aliphatic heterocycles. The fraction of sp³-hybridized carbons (Fsp3) is 0.500. The van der Waals surface area contributed by atoms with Crippen LogP contribution in [0.15, 0.2) is 22.9 Å². The predicted molar refractivity (Wildman–Crippen MR) is 74.4 cm³/mol. The summed E-state index contributed by atoms with van der Waals surface area (Å²) < 4.78 is 0. The van der Waals surface area contributed by atoms with Gasteiger partial charge in [0, 0.05) is 25.3 Å². The van der Waals surface area contributed by atoms with Gasteiger partial charge in [-0.15, -0.1) is 0 Å². The number of nitrogens with zero attached hydrogens (tertiary/aromatic N) is 1. The van der Waals surface area contributed by atoms with Gasteiger partial charge in [-0.1, -0.05) is 0 Å². The quantitative estimate of drug-likeness (QED) is 0.850.